The van der Waals surface area contributed by atoms with E-state index < -0.39 is 19.1 Å². The molecule has 0 aromatic carbocycles. The first-order valence-corrected chi connectivity index (χ1v) is 21.6. The zero-order chi connectivity index (χ0) is 20.3. The number of hydrogen-bond donors (Lipinski definition) is 0. The minimum atomic E-state index is -3.99. The van der Waals surface area contributed by atoms with Gasteiger partial charge in [-0.3, -0.25) is 0 Å². The predicted molar refractivity (Wildman–Crippen MR) is 121 cm³/mol. The third kappa shape index (κ3) is 3.69. The molecule has 0 saturated heterocycles. The van der Waals surface area contributed by atoms with Gasteiger partial charge in [0.15, 0.2) is 0 Å². The molecule has 0 radical (unpaired) electrons. The van der Waals surface area contributed by atoms with Gasteiger partial charge in [0.05, 0.1) is 0 Å². The van der Waals surface area contributed by atoms with E-state index >= 15 is 0 Å². The van der Waals surface area contributed by atoms with Gasteiger partial charge in [-0.1, -0.05) is 0 Å². The van der Waals surface area contributed by atoms with Gasteiger partial charge in [-0.15, -0.1) is 0 Å². The minimum absolute atomic E-state index is 0.0829. The molecular formula is C22H37Cl2SiTi. The van der Waals surface area contributed by atoms with Crippen molar-refractivity contribution in [3.8, 4) is 0 Å². The molecule has 4 heteroatoms. The van der Waals surface area contributed by atoms with Crippen LogP contribution in [0.25, 0.3) is 0 Å². The molecule has 2 rings (SSSR count). The molecule has 0 spiro atoms. The van der Waals surface area contributed by atoms with Crippen LogP contribution >= 0.6 is 18.6 Å². The predicted octanol–water partition coefficient (Wildman–Crippen LogP) is 8.41. The fraction of sp³-hybridized carbons (Fsp3) is 0.636. The molecule has 0 heterocycles. The summed E-state index contributed by atoms with van der Waals surface area (Å²) in [5, 5.41) is 0. The van der Waals surface area contributed by atoms with E-state index in [9.17, 15) is 0 Å². The Bertz CT molecular complexity index is 668. The normalized spacial score (nSPS) is 26.3. The Morgan fingerprint density at radius 2 is 1.08 bits per heavy atom. The molecule has 2 atom stereocenters. The average Bonchev–Trinajstić information content (AvgIpc) is 3.02. The summed E-state index contributed by atoms with van der Waals surface area (Å²) in [7, 11) is 15.8. The van der Waals surface area contributed by atoms with Gasteiger partial charge in [0.25, 0.3) is 0 Å². The summed E-state index contributed by atoms with van der Waals surface area (Å²) in [6.07, 6.45) is 9.54. The first-order valence-electron chi connectivity index (χ1n) is 9.87. The molecule has 2 unspecified atom stereocenters. The van der Waals surface area contributed by atoms with Crippen LogP contribution in [0.5, 0.6) is 0 Å². The molecule has 26 heavy (non-hydrogen) atoms. The van der Waals surface area contributed by atoms with E-state index in [1.165, 1.54) is 22.3 Å². The Kier molecular flexibility index (Phi) is 5.92. The summed E-state index contributed by atoms with van der Waals surface area (Å²) in [6, 6.07) is 0. The van der Waals surface area contributed by atoms with Gasteiger partial charge in [-0.25, -0.2) is 0 Å². The molecule has 0 aromatic rings. The fourth-order valence-electron chi connectivity index (χ4n) is 4.66. The van der Waals surface area contributed by atoms with Crippen LogP contribution < -0.4 is 0 Å². The first kappa shape index (κ1) is 22.8. The standard InChI is InChI=1S/2C10H15.C2H7Si.2ClH.Ti/c2*1-8-5-6-9(7-8)10(2,3)4;1-3-2;;;/h2*5-7H,1-4H3;3H,1-2H3;2*1H;/q;;;;;+2/p-2. The Labute approximate surface area is 171 Å². The van der Waals surface area contributed by atoms with Crippen LogP contribution in [-0.4, -0.2) is 6.66 Å². The maximum absolute atomic E-state index is 7.92. The van der Waals surface area contributed by atoms with Crippen LogP contribution in [-0.2, 0) is 12.4 Å². The van der Waals surface area contributed by atoms with Gasteiger partial charge in [-0.05, 0) is 0 Å². The molecule has 147 valence electrons. The second-order valence-corrected chi connectivity index (χ2v) is 40.2. The van der Waals surface area contributed by atoms with E-state index in [1.54, 1.807) is 0 Å². The second kappa shape index (κ2) is 6.77. The van der Waals surface area contributed by atoms with Crippen LogP contribution in [0.3, 0.4) is 0 Å². The van der Waals surface area contributed by atoms with Crippen LogP contribution in [0, 0.1) is 10.8 Å². The van der Waals surface area contributed by atoms with Crippen molar-refractivity contribution in [2.75, 3.05) is 0 Å². The van der Waals surface area contributed by atoms with Crippen molar-refractivity contribution in [3.05, 3.63) is 46.6 Å². The van der Waals surface area contributed by atoms with Gasteiger partial charge >= 0.3 is 172 Å². The molecule has 0 bridgehead atoms. The summed E-state index contributed by atoms with van der Waals surface area (Å²) < 4.78 is 0.472. The van der Waals surface area contributed by atoms with Crippen LogP contribution in [0.4, 0.5) is 0 Å². The van der Waals surface area contributed by atoms with Crippen molar-refractivity contribution in [1.29, 1.82) is 0 Å². The maximum atomic E-state index is 7.92. The molecule has 0 saturated carbocycles. The Hall–Kier alpha value is 0.471. The molecule has 2 aliphatic carbocycles. The van der Waals surface area contributed by atoms with Gasteiger partial charge in [-0.2, -0.15) is 0 Å². The van der Waals surface area contributed by atoms with Gasteiger partial charge in [0, 0.05) is 0 Å². The molecule has 0 aliphatic heterocycles. The van der Waals surface area contributed by atoms with Gasteiger partial charge in [0.1, 0.15) is 0 Å². The average molecular weight is 448 g/mol. The molecule has 0 aromatic heterocycles. The van der Waals surface area contributed by atoms with E-state index in [4.69, 9.17) is 18.6 Å². The van der Waals surface area contributed by atoms with Crippen LogP contribution in [0.1, 0.15) is 55.4 Å². The summed E-state index contributed by atoms with van der Waals surface area (Å²) >= 11 is -3.99. The van der Waals surface area contributed by atoms with E-state index in [-0.39, 0.29) is 19.3 Å². The van der Waals surface area contributed by atoms with Crippen LogP contribution in [0.15, 0.2) is 46.6 Å². The van der Waals surface area contributed by atoms with Gasteiger partial charge < -0.3 is 0 Å². The third-order valence-corrected chi connectivity index (χ3v) is 41.7. The molecule has 0 nitrogen and oxygen atoms in total. The number of allylic oxidation sites excluding steroid dienone is 8. The zero-order valence-electron chi connectivity index (χ0n) is 18.3. The van der Waals surface area contributed by atoms with E-state index in [2.05, 4.69) is 92.8 Å². The Morgan fingerprint density at radius 1 is 0.769 bits per heavy atom. The van der Waals surface area contributed by atoms with Crippen LogP contribution in [0.2, 0.25) is 21.5 Å². The van der Waals surface area contributed by atoms with Gasteiger partial charge in [0.2, 0.25) is 0 Å². The summed E-state index contributed by atoms with van der Waals surface area (Å²) in [6.45, 7) is 21.6. The monoisotopic (exact) mass is 447 g/mol. The quantitative estimate of drug-likeness (QED) is 0.380. The van der Waals surface area contributed by atoms with Crippen molar-refractivity contribution in [2.24, 2.45) is 10.8 Å². The second-order valence-electron chi connectivity index (χ2n) is 10.9. The number of rotatable bonds is 3. The summed E-state index contributed by atoms with van der Waals surface area (Å²) in [4.78, 5) is 0. The topological polar surface area (TPSA) is 0 Å². The van der Waals surface area contributed by atoms with E-state index in [1.807, 2.05) is 0 Å². The molecule has 2 aliphatic rings. The van der Waals surface area contributed by atoms with Crippen molar-refractivity contribution in [3.63, 3.8) is 0 Å². The van der Waals surface area contributed by atoms with Crippen molar-refractivity contribution < 1.29 is 12.4 Å². The first-order chi connectivity index (χ1) is 11.5. The zero-order valence-corrected chi connectivity index (χ0v) is 22.5. The SMILES string of the molecule is CC1=C[CH]([Ti]([Cl])([Cl])([CH]2C=C(C)C=C2C(C)(C)C)[SiH](C)C)C(C(C)(C)C)=C1. The Morgan fingerprint density at radius 3 is 1.31 bits per heavy atom. The molecule has 0 N–H and O–H groups in total. The molecule has 0 fully saturated rings. The summed E-state index contributed by atoms with van der Waals surface area (Å²) in [5.74, 6) is 0. The fourth-order valence-corrected chi connectivity index (χ4v) is 24.0. The Balaban J connectivity index is 2.74. The third-order valence-electron chi connectivity index (χ3n) is 6.32. The van der Waals surface area contributed by atoms with E-state index in [0.29, 0.717) is 0 Å². The summed E-state index contributed by atoms with van der Waals surface area (Å²) in [5.41, 5.74) is 5.71. The van der Waals surface area contributed by atoms with E-state index in [0.717, 1.165) is 0 Å². The molecular weight excluding hydrogens is 411 g/mol. The molecule has 0 amide bonds. The number of halogens is 2. The van der Waals surface area contributed by atoms with Crippen molar-refractivity contribution >= 4 is 25.3 Å². The van der Waals surface area contributed by atoms with Crippen molar-refractivity contribution in [1.82, 2.24) is 0 Å². The van der Waals surface area contributed by atoms with Crippen molar-refractivity contribution in [2.45, 2.75) is 76.9 Å². The number of hydrogen-bond acceptors (Lipinski definition) is 0.